The fourth-order valence-electron chi connectivity index (χ4n) is 8.52. The number of hydroxylamine groups is 4. The molecule has 2 N–H and O–H groups in total. The van der Waals surface area contributed by atoms with Crippen LogP contribution < -0.4 is 10.6 Å². The molecule has 0 aromatic heterocycles. The Morgan fingerprint density at radius 3 is 1.17 bits per heavy atom. The van der Waals surface area contributed by atoms with Gasteiger partial charge >= 0.3 is 11.9 Å². The molecular weight excluding hydrogens is 925 g/mol. The largest absolute Gasteiger partial charge is 0.367 e. The van der Waals surface area contributed by atoms with Gasteiger partial charge in [0.15, 0.2) is 9.84 Å². The van der Waals surface area contributed by atoms with Crippen molar-refractivity contribution in [3.63, 3.8) is 0 Å². The van der Waals surface area contributed by atoms with Crippen molar-refractivity contribution in [3.05, 3.63) is 137 Å². The number of unbranched alkanes of at least 4 members (excludes halogenated alkanes) is 18. The maximum atomic E-state index is 13.5. The average molecular weight is 1010 g/mol. The number of hydrogen-bond donors (Lipinski definition) is 2. The number of carbonyl (C=O) groups excluding carboxylic acids is 4. The summed E-state index contributed by atoms with van der Waals surface area (Å²) in [7, 11) is -3.42. The summed E-state index contributed by atoms with van der Waals surface area (Å²) in [6, 6.07) is 30.3. The fourth-order valence-corrected chi connectivity index (χ4v) is 9.15. The predicted octanol–water partition coefficient (Wildman–Crippen LogP) is 12.8. The van der Waals surface area contributed by atoms with Crippen LogP contribution in [0.4, 0.5) is 0 Å². The molecule has 0 fully saturated rings. The summed E-state index contributed by atoms with van der Waals surface area (Å²) >= 11 is 0. The lowest BCUT2D eigenvalue weighted by molar-refractivity contribution is -0.204. The molecule has 0 saturated heterocycles. The molecule has 0 aliphatic heterocycles. The number of hydrogen-bond acceptors (Lipinski definition) is 10. The van der Waals surface area contributed by atoms with Crippen LogP contribution in [0.1, 0.15) is 198 Å². The van der Waals surface area contributed by atoms with Crippen LogP contribution >= 0.6 is 0 Å². The highest BCUT2D eigenvalue weighted by atomic mass is 32.2. The number of benzene rings is 4. The lowest BCUT2D eigenvalue weighted by Gasteiger charge is -2.23. The van der Waals surface area contributed by atoms with Crippen molar-refractivity contribution in [1.29, 1.82) is 0 Å². The van der Waals surface area contributed by atoms with Crippen molar-refractivity contribution in [2.45, 2.75) is 186 Å². The molecule has 2 amide bonds. The second-order valence-corrected chi connectivity index (χ2v) is 21.2. The van der Waals surface area contributed by atoms with E-state index in [4.69, 9.17) is 9.68 Å². The van der Waals surface area contributed by atoms with Gasteiger partial charge in [-0.05, 0) is 71.5 Å². The Kier molecular flexibility index (Phi) is 28.7. The summed E-state index contributed by atoms with van der Waals surface area (Å²) in [6.07, 6.45) is 25.0. The number of rotatable bonds is 38. The minimum atomic E-state index is -3.42. The van der Waals surface area contributed by atoms with E-state index in [0.717, 1.165) is 49.5 Å². The van der Waals surface area contributed by atoms with E-state index in [2.05, 4.69) is 24.5 Å². The molecular formula is C59H84N4O8S. The molecule has 0 atom stereocenters. The van der Waals surface area contributed by atoms with Crippen molar-refractivity contribution in [3.8, 4) is 0 Å². The van der Waals surface area contributed by atoms with Gasteiger partial charge in [-0.2, -0.15) is 0 Å². The maximum Gasteiger partial charge on any atom is 0.325 e. The number of nitrogens with zero attached hydrogens (tertiary/aromatic N) is 2. The van der Waals surface area contributed by atoms with Gasteiger partial charge in [-0.25, -0.2) is 8.42 Å². The minimum Gasteiger partial charge on any atom is -0.367 e. The van der Waals surface area contributed by atoms with Crippen LogP contribution in [0.5, 0.6) is 0 Å². The highest BCUT2D eigenvalue weighted by Gasteiger charge is 2.20. The van der Waals surface area contributed by atoms with Gasteiger partial charge in [0.1, 0.15) is 0 Å². The monoisotopic (exact) mass is 1010 g/mol. The van der Waals surface area contributed by atoms with Crippen LogP contribution in [-0.2, 0) is 55.3 Å². The van der Waals surface area contributed by atoms with Crippen LogP contribution in [0.25, 0.3) is 0 Å². The lowest BCUT2D eigenvalue weighted by atomic mass is 10.1. The van der Waals surface area contributed by atoms with E-state index >= 15 is 0 Å². The second-order valence-electron chi connectivity index (χ2n) is 19.2. The molecule has 0 bridgehead atoms. The first-order chi connectivity index (χ1) is 34.9. The zero-order chi connectivity index (χ0) is 51.7. The quantitative estimate of drug-likeness (QED) is 0.0328. The molecule has 394 valence electrons. The summed E-state index contributed by atoms with van der Waals surface area (Å²) in [5.41, 5.74) is 4.10. The topological polar surface area (TPSA) is 151 Å². The zero-order valence-electron chi connectivity index (χ0n) is 43.7. The van der Waals surface area contributed by atoms with E-state index in [1.54, 1.807) is 36.4 Å². The average Bonchev–Trinajstić information content (AvgIpc) is 3.36. The Morgan fingerprint density at radius 2 is 0.778 bits per heavy atom. The van der Waals surface area contributed by atoms with Gasteiger partial charge in [0, 0.05) is 30.5 Å². The number of sulfone groups is 1. The molecule has 0 spiro atoms. The highest BCUT2D eigenvalue weighted by Crippen LogP contribution is 2.19. The van der Waals surface area contributed by atoms with Gasteiger partial charge in [0.2, 0.25) is 0 Å². The first-order valence-electron chi connectivity index (χ1n) is 26.9. The molecule has 4 rings (SSSR count). The molecule has 0 aliphatic carbocycles. The molecule has 0 aliphatic rings. The van der Waals surface area contributed by atoms with Gasteiger partial charge in [-0.3, -0.25) is 19.2 Å². The normalized spacial score (nSPS) is 11.5. The van der Waals surface area contributed by atoms with Crippen molar-refractivity contribution < 1.29 is 37.3 Å². The SMILES string of the molecule is CCCCCCCCCCCCNC(=O)c1cccc(CN(Cc2ccccc2)OC(=O)CCC(=O)ON(Cc2ccc(S(C)(=O)=O)cc2)Cc2cccc(C(=O)NCCCCCCCCCCCC)c2)c1. The van der Waals surface area contributed by atoms with E-state index in [0.29, 0.717) is 35.3 Å². The van der Waals surface area contributed by atoms with E-state index in [9.17, 15) is 27.6 Å². The molecule has 4 aromatic carbocycles. The summed E-state index contributed by atoms with van der Waals surface area (Å²) in [6.45, 7) is 6.37. The fraction of sp³-hybridized carbons (Fsp3) is 0.525. The smallest absolute Gasteiger partial charge is 0.325 e. The summed E-state index contributed by atoms with van der Waals surface area (Å²) < 4.78 is 24.3. The van der Waals surface area contributed by atoms with E-state index in [1.165, 1.54) is 119 Å². The molecule has 0 unspecified atom stereocenters. The molecule has 0 saturated carbocycles. The van der Waals surface area contributed by atoms with Crippen molar-refractivity contribution in [1.82, 2.24) is 20.8 Å². The van der Waals surface area contributed by atoms with Crippen LogP contribution in [0.2, 0.25) is 0 Å². The Labute approximate surface area is 431 Å². The third-order valence-corrected chi connectivity index (χ3v) is 13.8. The van der Waals surface area contributed by atoms with E-state index in [-0.39, 0.29) is 55.7 Å². The van der Waals surface area contributed by atoms with Gasteiger partial charge in [-0.1, -0.05) is 196 Å². The lowest BCUT2D eigenvalue weighted by Crippen LogP contribution is -2.29. The standard InChI is InChI=1S/C59H84N4O8S/c1-4-6-8-10-12-14-16-18-20-25-41-60-58(66)53-33-27-31-51(43-53)47-62(45-49-29-23-22-24-30-49)70-56(64)39-40-57(65)71-63(46-50-35-37-55(38-36-50)72(3,68)69)48-52-32-28-34-54(44-52)59(67)61-42-26-21-19-17-15-13-11-9-7-5-2/h22-24,27-38,43-44H,4-21,25-26,39-42,45-48H2,1-3H3,(H,60,66)(H,61,67). The van der Waals surface area contributed by atoms with Crippen molar-refractivity contribution in [2.75, 3.05) is 19.3 Å². The Bertz CT molecular complexity index is 2290. The highest BCUT2D eigenvalue weighted by molar-refractivity contribution is 7.90. The Hall–Kier alpha value is -5.37. The molecule has 12 nitrogen and oxygen atoms in total. The van der Waals surface area contributed by atoms with Gasteiger partial charge in [0.05, 0.1) is 43.9 Å². The zero-order valence-corrected chi connectivity index (χ0v) is 44.5. The van der Waals surface area contributed by atoms with Crippen LogP contribution in [0.3, 0.4) is 0 Å². The van der Waals surface area contributed by atoms with Crippen LogP contribution in [-0.4, -0.2) is 61.6 Å². The summed E-state index contributed by atoms with van der Waals surface area (Å²) in [5.74, 6) is -1.63. The number of nitrogens with one attached hydrogen (secondary N) is 2. The second kappa shape index (κ2) is 34.9. The molecule has 13 heteroatoms. The molecule has 72 heavy (non-hydrogen) atoms. The minimum absolute atomic E-state index is 0.108. The first-order valence-corrected chi connectivity index (χ1v) is 28.8. The first kappa shape index (κ1) is 59.2. The van der Waals surface area contributed by atoms with Gasteiger partial charge in [0.25, 0.3) is 11.8 Å². The summed E-state index contributed by atoms with van der Waals surface area (Å²) in [4.78, 5) is 65.1. The van der Waals surface area contributed by atoms with Crippen molar-refractivity contribution in [2.24, 2.45) is 0 Å². The van der Waals surface area contributed by atoms with E-state index < -0.39 is 21.8 Å². The van der Waals surface area contributed by atoms with Gasteiger partial charge in [-0.15, -0.1) is 10.1 Å². The maximum absolute atomic E-state index is 13.5. The van der Waals surface area contributed by atoms with Crippen LogP contribution in [0.15, 0.2) is 108 Å². The summed E-state index contributed by atoms with van der Waals surface area (Å²) in [5, 5.41) is 9.05. The third kappa shape index (κ3) is 25.3. The third-order valence-electron chi connectivity index (χ3n) is 12.6. The molecule has 0 heterocycles. The number of amides is 2. The van der Waals surface area contributed by atoms with Crippen molar-refractivity contribution >= 4 is 33.6 Å². The predicted molar refractivity (Wildman–Crippen MR) is 287 cm³/mol. The molecule has 0 radical (unpaired) electrons. The Balaban J connectivity index is 1.31. The van der Waals surface area contributed by atoms with Gasteiger partial charge < -0.3 is 20.3 Å². The van der Waals surface area contributed by atoms with E-state index in [1.807, 2.05) is 54.6 Å². The molecule has 4 aromatic rings. The number of carbonyl (C=O) groups is 4. The van der Waals surface area contributed by atoms with Crippen LogP contribution in [0, 0.1) is 0 Å². The Morgan fingerprint density at radius 1 is 0.431 bits per heavy atom.